The van der Waals surface area contributed by atoms with Crippen molar-refractivity contribution in [2.24, 2.45) is 5.10 Å². The topological polar surface area (TPSA) is 49.6 Å². The standard InChI is InChI=1S/C24H25FN4O/c1-16-9-10-21-19(13-16)18-6-4-8-22-24(18)29(21)12-11-28(22)15-23(30)27-26-14-17-5-2-3-7-20(17)25/h2-3,5,7,9-10,13-14,22H,4,6,8,11-12,15H2,1H3,(H,27,30)/b26-14-/t22-/m1/s1. The van der Waals surface area contributed by atoms with Crippen molar-refractivity contribution in [1.29, 1.82) is 0 Å². The Bertz CT molecular complexity index is 1150. The molecule has 0 bridgehead atoms. The summed E-state index contributed by atoms with van der Waals surface area (Å²) in [5.41, 5.74) is 8.35. The summed E-state index contributed by atoms with van der Waals surface area (Å²) in [5.74, 6) is -0.528. The number of halogens is 1. The van der Waals surface area contributed by atoms with Gasteiger partial charge >= 0.3 is 0 Å². The van der Waals surface area contributed by atoms with E-state index in [1.54, 1.807) is 18.2 Å². The van der Waals surface area contributed by atoms with E-state index in [-0.39, 0.29) is 17.8 Å². The number of hydrogen-bond donors (Lipinski definition) is 1. The Morgan fingerprint density at radius 2 is 2.13 bits per heavy atom. The van der Waals surface area contributed by atoms with Crippen molar-refractivity contribution in [3.63, 3.8) is 0 Å². The number of benzene rings is 2. The van der Waals surface area contributed by atoms with Crippen LogP contribution >= 0.6 is 0 Å². The van der Waals surface area contributed by atoms with Gasteiger partial charge in [-0.2, -0.15) is 5.10 Å². The number of nitrogens with one attached hydrogen (secondary N) is 1. The molecule has 1 aliphatic carbocycles. The number of hydrazone groups is 1. The zero-order valence-electron chi connectivity index (χ0n) is 17.1. The number of aromatic nitrogens is 1. The average Bonchev–Trinajstić information content (AvgIpc) is 3.06. The molecule has 0 saturated carbocycles. The summed E-state index contributed by atoms with van der Waals surface area (Å²) in [6.45, 7) is 4.15. The van der Waals surface area contributed by atoms with E-state index in [0.717, 1.165) is 32.4 Å². The Morgan fingerprint density at radius 1 is 1.27 bits per heavy atom. The smallest absolute Gasteiger partial charge is 0.254 e. The Kier molecular flexibility index (Phi) is 4.87. The first-order chi connectivity index (χ1) is 14.6. The average molecular weight is 404 g/mol. The van der Waals surface area contributed by atoms with Crippen LogP contribution in [0.25, 0.3) is 10.9 Å². The number of hydrogen-bond acceptors (Lipinski definition) is 3. The molecule has 0 unspecified atom stereocenters. The van der Waals surface area contributed by atoms with E-state index in [2.05, 4.69) is 45.1 Å². The second-order valence-corrected chi connectivity index (χ2v) is 8.23. The molecule has 1 N–H and O–H groups in total. The number of fused-ring (bicyclic) bond motifs is 3. The van der Waals surface area contributed by atoms with E-state index in [4.69, 9.17) is 0 Å². The first-order valence-electron chi connectivity index (χ1n) is 10.5. The molecule has 0 fully saturated rings. The number of rotatable bonds is 4. The molecule has 0 spiro atoms. The SMILES string of the molecule is Cc1ccc2c(c1)c1c3n2CCN(CC(=O)N/N=C\c2ccccc2F)[C@@H]3CCC1. The lowest BCUT2D eigenvalue weighted by Crippen LogP contribution is -2.44. The van der Waals surface area contributed by atoms with Crippen LogP contribution < -0.4 is 5.43 Å². The van der Waals surface area contributed by atoms with Crippen molar-refractivity contribution < 1.29 is 9.18 Å². The van der Waals surface area contributed by atoms with Gasteiger partial charge in [0, 0.05) is 35.2 Å². The lowest BCUT2D eigenvalue weighted by Gasteiger charge is -2.39. The van der Waals surface area contributed by atoms with E-state index < -0.39 is 0 Å². The summed E-state index contributed by atoms with van der Waals surface area (Å²) in [6, 6.07) is 13.3. The minimum Gasteiger partial charge on any atom is -0.342 e. The van der Waals surface area contributed by atoms with Gasteiger partial charge in [-0.05, 0) is 49.9 Å². The molecule has 2 aliphatic rings. The van der Waals surface area contributed by atoms with Crippen molar-refractivity contribution in [2.45, 2.75) is 38.8 Å². The number of amides is 1. The van der Waals surface area contributed by atoms with E-state index >= 15 is 0 Å². The number of aryl methyl sites for hydroxylation is 2. The predicted molar refractivity (Wildman–Crippen MR) is 116 cm³/mol. The van der Waals surface area contributed by atoms with Crippen LogP contribution in [-0.4, -0.2) is 34.7 Å². The maximum absolute atomic E-state index is 13.7. The maximum Gasteiger partial charge on any atom is 0.254 e. The quantitative estimate of drug-likeness (QED) is 0.529. The van der Waals surface area contributed by atoms with Gasteiger partial charge in [0.2, 0.25) is 0 Å². The highest BCUT2D eigenvalue weighted by atomic mass is 19.1. The van der Waals surface area contributed by atoms with Crippen LogP contribution in [0, 0.1) is 12.7 Å². The zero-order chi connectivity index (χ0) is 20.7. The van der Waals surface area contributed by atoms with Crippen molar-refractivity contribution in [1.82, 2.24) is 14.9 Å². The fraction of sp³-hybridized carbons (Fsp3) is 0.333. The van der Waals surface area contributed by atoms with Gasteiger partial charge in [0.1, 0.15) is 5.82 Å². The Morgan fingerprint density at radius 3 is 3.00 bits per heavy atom. The molecule has 1 amide bonds. The molecular weight excluding hydrogens is 379 g/mol. The highest BCUT2D eigenvalue weighted by Crippen LogP contribution is 2.42. The summed E-state index contributed by atoms with van der Waals surface area (Å²) in [5, 5.41) is 5.31. The van der Waals surface area contributed by atoms with Crippen LogP contribution in [0.1, 0.15) is 41.3 Å². The summed E-state index contributed by atoms with van der Waals surface area (Å²) in [7, 11) is 0. The third-order valence-electron chi connectivity index (χ3n) is 6.28. The Hall–Kier alpha value is -2.99. The molecule has 5 rings (SSSR count). The minimum absolute atomic E-state index is 0.171. The van der Waals surface area contributed by atoms with Crippen molar-refractivity contribution in [2.75, 3.05) is 13.1 Å². The predicted octanol–water partition coefficient (Wildman–Crippen LogP) is 3.93. The molecule has 0 radical (unpaired) electrons. The normalized spacial score (nSPS) is 18.7. The third-order valence-corrected chi connectivity index (χ3v) is 6.28. The second-order valence-electron chi connectivity index (χ2n) is 8.23. The van der Waals surface area contributed by atoms with Crippen LogP contribution in [-0.2, 0) is 17.8 Å². The van der Waals surface area contributed by atoms with Gasteiger partial charge in [-0.1, -0.05) is 29.8 Å². The summed E-state index contributed by atoms with van der Waals surface area (Å²) in [4.78, 5) is 14.8. The summed E-state index contributed by atoms with van der Waals surface area (Å²) in [6.07, 6.45) is 4.65. The molecule has 0 saturated heterocycles. The molecular formula is C24H25FN4O. The molecule has 2 aromatic carbocycles. The highest BCUT2D eigenvalue weighted by molar-refractivity contribution is 5.87. The van der Waals surface area contributed by atoms with Crippen LogP contribution in [0.3, 0.4) is 0 Å². The Labute approximate surface area is 175 Å². The lowest BCUT2D eigenvalue weighted by molar-refractivity contribution is -0.123. The van der Waals surface area contributed by atoms with Gasteiger partial charge in [-0.3, -0.25) is 9.69 Å². The van der Waals surface area contributed by atoms with Crippen molar-refractivity contribution in [3.05, 3.63) is 70.7 Å². The fourth-order valence-electron chi connectivity index (χ4n) is 4.95. The molecule has 5 nitrogen and oxygen atoms in total. The largest absolute Gasteiger partial charge is 0.342 e. The first kappa shape index (κ1) is 19.0. The van der Waals surface area contributed by atoms with Gasteiger partial charge in [0.15, 0.2) is 0 Å². The van der Waals surface area contributed by atoms with Crippen LogP contribution in [0.2, 0.25) is 0 Å². The second kappa shape index (κ2) is 7.69. The number of carbonyl (C=O) groups is 1. The highest BCUT2D eigenvalue weighted by Gasteiger charge is 2.35. The van der Waals surface area contributed by atoms with Gasteiger partial charge in [-0.25, -0.2) is 9.82 Å². The van der Waals surface area contributed by atoms with E-state index in [0.29, 0.717) is 12.1 Å². The van der Waals surface area contributed by atoms with Gasteiger partial charge in [0.25, 0.3) is 5.91 Å². The van der Waals surface area contributed by atoms with Crippen LogP contribution in [0.5, 0.6) is 0 Å². The van der Waals surface area contributed by atoms with Gasteiger partial charge < -0.3 is 4.57 Å². The summed E-state index contributed by atoms with van der Waals surface area (Å²) < 4.78 is 16.1. The molecule has 2 heterocycles. The maximum atomic E-state index is 13.7. The zero-order valence-corrected chi connectivity index (χ0v) is 17.1. The van der Waals surface area contributed by atoms with Gasteiger partial charge in [0.05, 0.1) is 18.8 Å². The van der Waals surface area contributed by atoms with Crippen molar-refractivity contribution in [3.8, 4) is 0 Å². The molecule has 1 aliphatic heterocycles. The van der Waals surface area contributed by atoms with E-state index in [1.165, 1.54) is 40.0 Å². The molecule has 3 aromatic rings. The fourth-order valence-corrected chi connectivity index (χ4v) is 4.95. The monoisotopic (exact) mass is 404 g/mol. The minimum atomic E-state index is -0.357. The first-order valence-corrected chi connectivity index (χ1v) is 10.5. The molecule has 1 atom stereocenters. The summed E-state index contributed by atoms with van der Waals surface area (Å²) >= 11 is 0. The van der Waals surface area contributed by atoms with Gasteiger partial charge in [-0.15, -0.1) is 0 Å². The van der Waals surface area contributed by atoms with E-state index in [9.17, 15) is 9.18 Å². The number of nitrogens with zero attached hydrogens (tertiary/aromatic N) is 3. The number of carbonyl (C=O) groups excluding carboxylic acids is 1. The Balaban J connectivity index is 1.33. The molecule has 154 valence electrons. The van der Waals surface area contributed by atoms with Crippen molar-refractivity contribution >= 4 is 23.0 Å². The molecule has 6 heteroatoms. The lowest BCUT2D eigenvalue weighted by atomic mass is 9.89. The molecule has 1 aromatic heterocycles. The van der Waals surface area contributed by atoms with Crippen LogP contribution in [0.4, 0.5) is 4.39 Å². The van der Waals surface area contributed by atoms with Crippen LogP contribution in [0.15, 0.2) is 47.6 Å². The molecule has 30 heavy (non-hydrogen) atoms. The van der Waals surface area contributed by atoms with E-state index in [1.807, 2.05) is 0 Å². The third kappa shape index (κ3) is 3.31.